The van der Waals surface area contributed by atoms with Gasteiger partial charge in [-0.3, -0.25) is 0 Å². The van der Waals surface area contributed by atoms with Crippen molar-refractivity contribution >= 4 is 11.8 Å². The lowest BCUT2D eigenvalue weighted by molar-refractivity contribution is -0.142. The third-order valence-corrected chi connectivity index (χ3v) is 2.56. The Balaban J connectivity index is 2.18. The van der Waals surface area contributed by atoms with E-state index in [4.69, 9.17) is 10.00 Å². The summed E-state index contributed by atoms with van der Waals surface area (Å²) >= 11 is 0. The third-order valence-electron chi connectivity index (χ3n) is 2.56. The van der Waals surface area contributed by atoms with Gasteiger partial charge in [0.05, 0.1) is 19.0 Å². The summed E-state index contributed by atoms with van der Waals surface area (Å²) in [5.41, 5.74) is -0.967. The molecule has 88 valence electrons. The predicted octanol–water partition coefficient (Wildman–Crippen LogP) is 0.00388. The van der Waals surface area contributed by atoms with E-state index in [0.29, 0.717) is 18.8 Å². The molecular formula is C10H10N4O3. The highest BCUT2D eigenvalue weighted by Gasteiger charge is 2.42. The molecule has 7 nitrogen and oxygen atoms in total. The third kappa shape index (κ3) is 2.16. The average molecular weight is 234 g/mol. The summed E-state index contributed by atoms with van der Waals surface area (Å²) < 4.78 is 5.10. The Bertz CT molecular complexity index is 459. The first-order chi connectivity index (χ1) is 8.16. The van der Waals surface area contributed by atoms with Gasteiger partial charge in [0.2, 0.25) is 0 Å². The molecule has 0 radical (unpaired) electrons. The van der Waals surface area contributed by atoms with Crippen LogP contribution in [0.4, 0.5) is 5.82 Å². The molecule has 1 atom stereocenters. The number of aliphatic carboxylic acids is 1. The molecule has 2 N–H and O–H groups in total. The molecular weight excluding hydrogens is 224 g/mol. The average Bonchev–Trinajstić information content (AvgIpc) is 2.80. The summed E-state index contributed by atoms with van der Waals surface area (Å²) in [4.78, 5) is 18.9. The Morgan fingerprint density at radius 2 is 2.41 bits per heavy atom. The first-order valence-electron chi connectivity index (χ1n) is 4.98. The molecule has 0 spiro atoms. The van der Waals surface area contributed by atoms with Gasteiger partial charge in [0, 0.05) is 13.0 Å². The molecule has 2 rings (SSSR count). The molecule has 17 heavy (non-hydrogen) atoms. The highest BCUT2D eigenvalue weighted by Crippen LogP contribution is 2.23. The molecule has 0 saturated carbocycles. The van der Waals surface area contributed by atoms with Gasteiger partial charge in [0.25, 0.3) is 0 Å². The molecule has 1 unspecified atom stereocenters. The zero-order chi connectivity index (χ0) is 12.3. The monoisotopic (exact) mass is 234 g/mol. The van der Waals surface area contributed by atoms with Crippen molar-refractivity contribution in [3.05, 3.63) is 18.1 Å². The van der Waals surface area contributed by atoms with E-state index in [9.17, 15) is 9.90 Å². The van der Waals surface area contributed by atoms with Crippen LogP contribution in [-0.2, 0) is 9.53 Å². The summed E-state index contributed by atoms with van der Waals surface area (Å²) in [6, 6.07) is 1.84. The molecule has 1 aliphatic rings. The van der Waals surface area contributed by atoms with Gasteiger partial charge >= 0.3 is 5.97 Å². The zero-order valence-corrected chi connectivity index (χ0v) is 8.88. The van der Waals surface area contributed by atoms with Gasteiger partial charge in [0.15, 0.2) is 11.2 Å². The number of nitriles is 1. The van der Waals surface area contributed by atoms with Crippen molar-refractivity contribution < 1.29 is 14.6 Å². The van der Waals surface area contributed by atoms with Crippen LogP contribution in [0.15, 0.2) is 12.4 Å². The number of nitrogens with one attached hydrogen (secondary N) is 1. The fraction of sp³-hybridized carbons (Fsp3) is 0.400. The fourth-order valence-electron chi connectivity index (χ4n) is 1.58. The van der Waals surface area contributed by atoms with Gasteiger partial charge in [-0.15, -0.1) is 0 Å². The summed E-state index contributed by atoms with van der Waals surface area (Å²) in [5, 5.41) is 20.5. The number of nitrogens with zero attached hydrogens (tertiary/aromatic N) is 3. The first kappa shape index (κ1) is 11.3. The molecule has 1 aliphatic heterocycles. The minimum Gasteiger partial charge on any atom is -0.479 e. The second-order valence-corrected chi connectivity index (χ2v) is 3.71. The maximum Gasteiger partial charge on any atom is 0.331 e. The van der Waals surface area contributed by atoms with E-state index >= 15 is 0 Å². The first-order valence-corrected chi connectivity index (χ1v) is 4.98. The van der Waals surface area contributed by atoms with Gasteiger partial charge in [0.1, 0.15) is 11.9 Å². The second-order valence-electron chi connectivity index (χ2n) is 3.71. The van der Waals surface area contributed by atoms with E-state index in [1.54, 1.807) is 0 Å². The summed E-state index contributed by atoms with van der Waals surface area (Å²) in [5.74, 6) is -0.668. The van der Waals surface area contributed by atoms with E-state index < -0.39 is 11.5 Å². The van der Waals surface area contributed by atoms with E-state index in [2.05, 4.69) is 15.3 Å². The van der Waals surface area contributed by atoms with Crippen molar-refractivity contribution in [2.45, 2.75) is 12.0 Å². The standard InChI is InChI=1S/C10H10N4O3/c11-3-7-4-13-8(5-12-7)14-10(9(15)16)1-2-17-6-10/h4-5H,1-2,6H2,(H,13,14)(H,15,16). The van der Waals surface area contributed by atoms with Crippen molar-refractivity contribution in [3.63, 3.8) is 0 Å². The van der Waals surface area contributed by atoms with Crippen molar-refractivity contribution in [2.75, 3.05) is 18.5 Å². The van der Waals surface area contributed by atoms with E-state index in [1.165, 1.54) is 12.4 Å². The van der Waals surface area contributed by atoms with Crippen molar-refractivity contribution in [2.24, 2.45) is 0 Å². The topological polar surface area (TPSA) is 108 Å². The molecule has 0 amide bonds. The lowest BCUT2D eigenvalue weighted by Gasteiger charge is -2.23. The number of hydrogen-bond donors (Lipinski definition) is 2. The van der Waals surface area contributed by atoms with Gasteiger partial charge in [-0.2, -0.15) is 5.26 Å². The van der Waals surface area contributed by atoms with Gasteiger partial charge in [-0.1, -0.05) is 0 Å². The van der Waals surface area contributed by atoms with Crippen molar-refractivity contribution in [1.29, 1.82) is 5.26 Å². The highest BCUT2D eigenvalue weighted by atomic mass is 16.5. The second kappa shape index (κ2) is 4.35. The Labute approximate surface area is 97.1 Å². The van der Waals surface area contributed by atoms with Gasteiger partial charge in [-0.25, -0.2) is 14.8 Å². The molecule has 7 heteroatoms. The van der Waals surface area contributed by atoms with Gasteiger partial charge in [-0.05, 0) is 0 Å². The SMILES string of the molecule is N#Cc1cnc(NC2(C(=O)O)CCOC2)cn1. The maximum atomic E-state index is 11.2. The summed E-state index contributed by atoms with van der Waals surface area (Å²) in [6.45, 7) is 0.479. The molecule has 0 aromatic carbocycles. The van der Waals surface area contributed by atoms with E-state index in [1.807, 2.05) is 6.07 Å². The van der Waals surface area contributed by atoms with Crippen LogP contribution in [0, 0.1) is 11.3 Å². The van der Waals surface area contributed by atoms with Crippen molar-refractivity contribution in [1.82, 2.24) is 9.97 Å². The van der Waals surface area contributed by atoms with Crippen molar-refractivity contribution in [3.8, 4) is 6.07 Å². The number of ether oxygens (including phenoxy) is 1. The largest absolute Gasteiger partial charge is 0.479 e. The molecule has 2 heterocycles. The van der Waals surface area contributed by atoms with Crippen LogP contribution in [0.2, 0.25) is 0 Å². The quantitative estimate of drug-likeness (QED) is 0.757. The van der Waals surface area contributed by atoms with Crippen LogP contribution in [0.5, 0.6) is 0 Å². The van der Waals surface area contributed by atoms with Crippen LogP contribution >= 0.6 is 0 Å². The number of anilines is 1. The number of carbonyl (C=O) groups is 1. The van der Waals surface area contributed by atoms with Crippen LogP contribution in [0.1, 0.15) is 12.1 Å². The Morgan fingerprint density at radius 1 is 1.59 bits per heavy atom. The molecule has 0 aliphatic carbocycles. The highest BCUT2D eigenvalue weighted by molar-refractivity contribution is 5.83. The van der Waals surface area contributed by atoms with Crippen LogP contribution in [-0.4, -0.2) is 39.8 Å². The predicted molar refractivity (Wildman–Crippen MR) is 56.2 cm³/mol. The van der Waals surface area contributed by atoms with Crippen LogP contribution in [0.3, 0.4) is 0 Å². The fourth-order valence-corrected chi connectivity index (χ4v) is 1.58. The molecule has 1 aromatic rings. The summed E-state index contributed by atoms with van der Waals surface area (Å²) in [7, 11) is 0. The molecule has 1 saturated heterocycles. The Hall–Kier alpha value is -2.20. The molecule has 1 fully saturated rings. The lowest BCUT2D eigenvalue weighted by atomic mass is 9.99. The lowest BCUT2D eigenvalue weighted by Crippen LogP contribution is -2.47. The Morgan fingerprint density at radius 3 is 2.88 bits per heavy atom. The number of aromatic nitrogens is 2. The van der Waals surface area contributed by atoms with Gasteiger partial charge < -0.3 is 15.2 Å². The number of rotatable bonds is 3. The minimum atomic E-state index is -1.15. The number of carboxylic acids is 1. The van der Waals surface area contributed by atoms with Crippen LogP contribution < -0.4 is 5.32 Å². The Kier molecular flexibility index (Phi) is 2.89. The van der Waals surface area contributed by atoms with Crippen LogP contribution in [0.25, 0.3) is 0 Å². The van der Waals surface area contributed by atoms with E-state index in [-0.39, 0.29) is 12.3 Å². The molecule has 1 aromatic heterocycles. The maximum absolute atomic E-state index is 11.2. The zero-order valence-electron chi connectivity index (χ0n) is 8.88. The number of hydrogen-bond acceptors (Lipinski definition) is 6. The normalized spacial score (nSPS) is 23.0. The minimum absolute atomic E-state index is 0.0873. The summed E-state index contributed by atoms with van der Waals surface area (Å²) in [6.07, 6.45) is 2.99. The molecule has 0 bridgehead atoms. The smallest absolute Gasteiger partial charge is 0.331 e. The number of carboxylic acid groups (broad SMARTS) is 1. The van der Waals surface area contributed by atoms with E-state index in [0.717, 1.165) is 0 Å².